The molecule has 2 saturated heterocycles. The van der Waals surface area contributed by atoms with Crippen molar-refractivity contribution in [2.45, 2.75) is 25.3 Å². The molecule has 136 valence electrons. The fraction of sp³-hybridized carbons (Fsp3) is 0.444. The number of rotatable bonds is 1. The number of imide groups is 1. The van der Waals surface area contributed by atoms with E-state index in [2.05, 4.69) is 4.98 Å². The Morgan fingerprint density at radius 3 is 2.42 bits per heavy atom. The maximum Gasteiger partial charge on any atom is 0.327 e. The molecule has 2 aliphatic heterocycles. The molecular weight excluding hydrogens is 334 g/mol. The van der Waals surface area contributed by atoms with Crippen LogP contribution in [0.1, 0.15) is 28.9 Å². The Morgan fingerprint density at radius 2 is 1.81 bits per heavy atom. The standard InChI is InChI=1S/C18H21N5O3/c1-12-10-23-11-13(4-5-14(23)19-12)15(24)22-8-6-18(7-9-22)16(25)20(2)17(26)21(18)3/h4-5,10-11H,6-9H2,1-3H3. The van der Waals surface area contributed by atoms with E-state index < -0.39 is 5.54 Å². The summed E-state index contributed by atoms with van der Waals surface area (Å²) in [5, 5.41) is 0. The number of urea groups is 1. The average Bonchev–Trinajstić information content (AvgIpc) is 3.09. The topological polar surface area (TPSA) is 78.2 Å². The van der Waals surface area contributed by atoms with E-state index in [0.717, 1.165) is 11.3 Å². The molecule has 0 atom stereocenters. The number of piperidine rings is 1. The second kappa shape index (κ2) is 5.55. The Morgan fingerprint density at radius 1 is 1.12 bits per heavy atom. The lowest BCUT2D eigenvalue weighted by molar-refractivity contribution is -0.134. The van der Waals surface area contributed by atoms with Gasteiger partial charge in [0.25, 0.3) is 11.8 Å². The molecule has 0 bridgehead atoms. The van der Waals surface area contributed by atoms with Gasteiger partial charge in [-0.15, -0.1) is 0 Å². The van der Waals surface area contributed by atoms with Gasteiger partial charge >= 0.3 is 6.03 Å². The molecule has 0 radical (unpaired) electrons. The van der Waals surface area contributed by atoms with Gasteiger partial charge in [0.2, 0.25) is 0 Å². The summed E-state index contributed by atoms with van der Waals surface area (Å²) in [4.78, 5) is 46.3. The molecule has 2 aromatic heterocycles. The lowest BCUT2D eigenvalue weighted by Crippen LogP contribution is -2.56. The Labute approximate surface area is 151 Å². The molecule has 0 aliphatic carbocycles. The number of carbonyl (C=O) groups is 3. The second-order valence-electron chi connectivity index (χ2n) is 7.10. The lowest BCUT2D eigenvalue weighted by atomic mass is 9.86. The third kappa shape index (κ3) is 2.21. The number of hydrogen-bond donors (Lipinski definition) is 0. The van der Waals surface area contributed by atoms with E-state index in [1.165, 1.54) is 16.8 Å². The van der Waals surface area contributed by atoms with Crippen molar-refractivity contribution in [3.05, 3.63) is 35.8 Å². The largest absolute Gasteiger partial charge is 0.338 e. The Kier molecular flexibility index (Phi) is 3.54. The summed E-state index contributed by atoms with van der Waals surface area (Å²) >= 11 is 0. The van der Waals surface area contributed by atoms with Crippen molar-refractivity contribution in [1.82, 2.24) is 24.1 Å². The fourth-order valence-corrected chi connectivity index (χ4v) is 4.01. The monoisotopic (exact) mass is 355 g/mol. The molecule has 2 aromatic rings. The first-order valence-corrected chi connectivity index (χ1v) is 8.64. The number of fused-ring (bicyclic) bond motifs is 1. The van der Waals surface area contributed by atoms with Gasteiger partial charge in [0.1, 0.15) is 11.2 Å². The zero-order chi connectivity index (χ0) is 18.6. The third-order valence-corrected chi connectivity index (χ3v) is 5.61. The number of nitrogens with zero attached hydrogens (tertiary/aromatic N) is 5. The highest BCUT2D eigenvalue weighted by molar-refractivity contribution is 6.06. The number of aromatic nitrogens is 2. The summed E-state index contributed by atoms with van der Waals surface area (Å²) < 4.78 is 1.84. The van der Waals surface area contributed by atoms with Crippen LogP contribution in [-0.2, 0) is 4.79 Å². The van der Waals surface area contributed by atoms with Crippen molar-refractivity contribution in [3.63, 3.8) is 0 Å². The van der Waals surface area contributed by atoms with Gasteiger partial charge in [-0.3, -0.25) is 14.5 Å². The molecule has 4 heterocycles. The highest BCUT2D eigenvalue weighted by Gasteiger charge is 2.55. The van der Waals surface area contributed by atoms with E-state index in [0.29, 0.717) is 31.5 Å². The van der Waals surface area contributed by atoms with Crippen molar-refractivity contribution >= 4 is 23.5 Å². The minimum atomic E-state index is -0.811. The first kappa shape index (κ1) is 16.6. The Balaban J connectivity index is 1.53. The van der Waals surface area contributed by atoms with Gasteiger partial charge in [-0.1, -0.05) is 0 Å². The number of amides is 4. The number of aryl methyl sites for hydroxylation is 1. The minimum Gasteiger partial charge on any atom is -0.338 e. The van der Waals surface area contributed by atoms with Crippen LogP contribution >= 0.6 is 0 Å². The summed E-state index contributed by atoms with van der Waals surface area (Å²) in [5.41, 5.74) is 1.47. The van der Waals surface area contributed by atoms with Crippen LogP contribution in [0.4, 0.5) is 4.79 Å². The van der Waals surface area contributed by atoms with Gasteiger partial charge in [-0.2, -0.15) is 0 Å². The lowest BCUT2D eigenvalue weighted by Gasteiger charge is -2.40. The smallest absolute Gasteiger partial charge is 0.327 e. The molecule has 1 spiro atoms. The van der Waals surface area contributed by atoms with Crippen LogP contribution < -0.4 is 0 Å². The van der Waals surface area contributed by atoms with E-state index in [1.807, 2.05) is 23.6 Å². The number of carbonyl (C=O) groups excluding carboxylic acids is 3. The first-order valence-electron chi connectivity index (χ1n) is 8.64. The van der Waals surface area contributed by atoms with Gasteiger partial charge in [-0.25, -0.2) is 9.78 Å². The Bertz CT molecular complexity index is 926. The average molecular weight is 355 g/mol. The van der Waals surface area contributed by atoms with Crippen LogP contribution in [0, 0.1) is 6.92 Å². The van der Waals surface area contributed by atoms with Crippen molar-refractivity contribution in [2.24, 2.45) is 0 Å². The van der Waals surface area contributed by atoms with Crippen LogP contribution in [0.5, 0.6) is 0 Å². The first-order chi connectivity index (χ1) is 12.3. The molecule has 0 N–H and O–H groups in total. The van der Waals surface area contributed by atoms with E-state index in [1.54, 1.807) is 24.2 Å². The van der Waals surface area contributed by atoms with E-state index in [9.17, 15) is 14.4 Å². The number of hydrogen-bond acceptors (Lipinski definition) is 4. The molecule has 26 heavy (non-hydrogen) atoms. The molecule has 8 nitrogen and oxygen atoms in total. The summed E-state index contributed by atoms with van der Waals surface area (Å²) in [6.07, 6.45) is 4.57. The third-order valence-electron chi connectivity index (χ3n) is 5.61. The second-order valence-corrected chi connectivity index (χ2v) is 7.10. The summed E-state index contributed by atoms with van der Waals surface area (Å²) in [6, 6.07) is 3.32. The maximum absolute atomic E-state index is 12.9. The van der Waals surface area contributed by atoms with Crippen molar-refractivity contribution in [1.29, 1.82) is 0 Å². The predicted octanol–water partition coefficient (Wildman–Crippen LogP) is 1.14. The SMILES string of the molecule is Cc1cn2cc(C(=O)N3CCC4(CC3)C(=O)N(C)C(=O)N4C)ccc2n1. The number of imidazole rings is 1. The zero-order valence-electron chi connectivity index (χ0n) is 15.1. The number of likely N-dealkylation sites (N-methyl/N-ethyl adjacent to an activating group) is 2. The molecule has 2 fully saturated rings. The minimum absolute atomic E-state index is 0.0686. The summed E-state index contributed by atoms with van der Waals surface area (Å²) in [5.74, 6) is -0.242. The zero-order valence-corrected chi connectivity index (χ0v) is 15.1. The van der Waals surface area contributed by atoms with E-state index >= 15 is 0 Å². The van der Waals surface area contributed by atoms with Crippen LogP contribution in [0.15, 0.2) is 24.5 Å². The number of pyridine rings is 1. The van der Waals surface area contributed by atoms with Gasteiger partial charge in [0.15, 0.2) is 0 Å². The maximum atomic E-state index is 12.9. The molecule has 0 saturated carbocycles. The van der Waals surface area contributed by atoms with Gasteiger partial charge in [0.05, 0.1) is 11.3 Å². The molecule has 4 rings (SSSR count). The number of likely N-dealkylation sites (tertiary alicyclic amines) is 1. The normalized spacial score (nSPS) is 19.9. The van der Waals surface area contributed by atoms with Gasteiger partial charge < -0.3 is 14.2 Å². The fourth-order valence-electron chi connectivity index (χ4n) is 4.01. The van der Waals surface area contributed by atoms with Crippen molar-refractivity contribution in [2.75, 3.05) is 27.2 Å². The highest BCUT2D eigenvalue weighted by atomic mass is 16.2. The highest BCUT2D eigenvalue weighted by Crippen LogP contribution is 2.35. The van der Waals surface area contributed by atoms with Crippen LogP contribution in [-0.4, -0.2) is 74.7 Å². The van der Waals surface area contributed by atoms with Gasteiger partial charge in [0, 0.05) is 39.6 Å². The van der Waals surface area contributed by atoms with E-state index in [4.69, 9.17) is 0 Å². The van der Waals surface area contributed by atoms with Crippen molar-refractivity contribution in [3.8, 4) is 0 Å². The summed E-state index contributed by atoms with van der Waals surface area (Å²) in [7, 11) is 3.17. The molecule has 8 heteroatoms. The molecule has 2 aliphatic rings. The summed E-state index contributed by atoms with van der Waals surface area (Å²) in [6.45, 7) is 2.79. The van der Waals surface area contributed by atoms with Crippen LogP contribution in [0.3, 0.4) is 0 Å². The quantitative estimate of drug-likeness (QED) is 0.719. The van der Waals surface area contributed by atoms with Crippen LogP contribution in [0.25, 0.3) is 5.65 Å². The van der Waals surface area contributed by atoms with E-state index in [-0.39, 0.29) is 17.8 Å². The van der Waals surface area contributed by atoms with Crippen LogP contribution in [0.2, 0.25) is 0 Å². The van der Waals surface area contributed by atoms with Crippen molar-refractivity contribution < 1.29 is 14.4 Å². The molecule has 0 unspecified atom stereocenters. The van der Waals surface area contributed by atoms with Gasteiger partial charge in [-0.05, 0) is 31.9 Å². The molecular formula is C18H21N5O3. The molecule has 0 aromatic carbocycles. The predicted molar refractivity (Wildman–Crippen MR) is 93.7 cm³/mol. The molecule has 4 amide bonds. The Hall–Kier alpha value is -2.90.